The van der Waals surface area contributed by atoms with Crippen molar-refractivity contribution in [3.05, 3.63) is 53.9 Å². The van der Waals surface area contributed by atoms with E-state index >= 15 is 0 Å². The fourth-order valence-corrected chi connectivity index (χ4v) is 1.53. The quantitative estimate of drug-likeness (QED) is 0.847. The van der Waals surface area contributed by atoms with Crippen LogP contribution in [0.15, 0.2) is 42.7 Å². The second-order valence-corrected chi connectivity index (χ2v) is 3.67. The van der Waals surface area contributed by atoms with E-state index < -0.39 is 5.97 Å². The van der Waals surface area contributed by atoms with E-state index in [2.05, 4.69) is 10.3 Å². The predicted octanol–water partition coefficient (Wildman–Crippen LogP) is 2.83. The molecule has 4 nitrogen and oxygen atoms in total. The molecular weight excluding hydrogens is 216 g/mol. The van der Waals surface area contributed by atoms with Crippen molar-refractivity contribution in [1.82, 2.24) is 4.98 Å². The molecule has 2 rings (SSSR count). The number of nitrogens with zero attached hydrogens (tertiary/aromatic N) is 1. The van der Waals surface area contributed by atoms with Gasteiger partial charge in [0.25, 0.3) is 0 Å². The number of benzene rings is 1. The van der Waals surface area contributed by atoms with Crippen LogP contribution in [0.25, 0.3) is 0 Å². The summed E-state index contributed by atoms with van der Waals surface area (Å²) >= 11 is 0. The van der Waals surface area contributed by atoms with Crippen LogP contribution in [0, 0.1) is 6.92 Å². The minimum absolute atomic E-state index is 0.163. The highest BCUT2D eigenvalue weighted by atomic mass is 16.4. The average molecular weight is 228 g/mol. The second kappa shape index (κ2) is 4.65. The Morgan fingerprint density at radius 3 is 2.71 bits per heavy atom. The number of aromatic carboxylic acids is 1. The van der Waals surface area contributed by atoms with E-state index in [9.17, 15) is 4.79 Å². The summed E-state index contributed by atoms with van der Waals surface area (Å²) < 4.78 is 0. The lowest BCUT2D eigenvalue weighted by atomic mass is 10.1. The molecule has 1 aromatic carbocycles. The van der Waals surface area contributed by atoms with Crippen LogP contribution in [0.4, 0.5) is 11.4 Å². The molecule has 86 valence electrons. The zero-order valence-electron chi connectivity index (χ0n) is 9.34. The van der Waals surface area contributed by atoms with Crippen LogP contribution in [0.2, 0.25) is 0 Å². The summed E-state index contributed by atoms with van der Waals surface area (Å²) in [4.78, 5) is 14.8. The maximum absolute atomic E-state index is 11.0. The number of hydrogen-bond acceptors (Lipinski definition) is 3. The van der Waals surface area contributed by atoms with Crippen molar-refractivity contribution < 1.29 is 9.90 Å². The summed E-state index contributed by atoms with van der Waals surface area (Å²) in [7, 11) is 0. The molecule has 0 aliphatic heterocycles. The first-order valence-corrected chi connectivity index (χ1v) is 5.18. The zero-order valence-corrected chi connectivity index (χ0v) is 9.34. The van der Waals surface area contributed by atoms with E-state index in [1.165, 1.54) is 6.20 Å². The van der Waals surface area contributed by atoms with Crippen LogP contribution >= 0.6 is 0 Å². The summed E-state index contributed by atoms with van der Waals surface area (Å²) in [6.45, 7) is 1.96. The molecule has 1 heterocycles. The third-order valence-corrected chi connectivity index (χ3v) is 2.47. The number of carbonyl (C=O) groups is 1. The minimum Gasteiger partial charge on any atom is -0.478 e. The molecule has 0 bridgehead atoms. The highest BCUT2D eigenvalue weighted by Crippen LogP contribution is 2.22. The van der Waals surface area contributed by atoms with Gasteiger partial charge in [0.05, 0.1) is 5.69 Å². The van der Waals surface area contributed by atoms with E-state index in [0.717, 1.165) is 11.3 Å². The Kier molecular flexibility index (Phi) is 3.05. The monoisotopic (exact) mass is 228 g/mol. The number of para-hydroxylation sites is 1. The maximum Gasteiger partial charge on any atom is 0.339 e. The van der Waals surface area contributed by atoms with Gasteiger partial charge in [-0.05, 0) is 24.6 Å². The second-order valence-electron chi connectivity index (χ2n) is 3.67. The fraction of sp³-hybridized carbons (Fsp3) is 0.0769. The lowest BCUT2D eigenvalue weighted by Gasteiger charge is -2.11. The SMILES string of the molecule is Cc1ccccc1Nc1ccncc1C(=O)O. The number of carboxylic acids is 1. The third-order valence-electron chi connectivity index (χ3n) is 2.47. The van der Waals surface area contributed by atoms with Gasteiger partial charge in [0.15, 0.2) is 0 Å². The molecule has 2 aromatic rings. The summed E-state index contributed by atoms with van der Waals surface area (Å²) in [6, 6.07) is 9.35. The van der Waals surface area contributed by atoms with Gasteiger partial charge in [-0.25, -0.2) is 4.79 Å². The molecule has 1 aromatic heterocycles. The number of aryl methyl sites for hydroxylation is 1. The van der Waals surface area contributed by atoms with Gasteiger partial charge in [0.2, 0.25) is 0 Å². The Labute approximate surface area is 98.9 Å². The lowest BCUT2D eigenvalue weighted by molar-refractivity contribution is 0.0697. The van der Waals surface area contributed by atoms with Crippen LogP contribution in [0.1, 0.15) is 15.9 Å². The Morgan fingerprint density at radius 2 is 2.00 bits per heavy atom. The van der Waals surface area contributed by atoms with Gasteiger partial charge in [-0.1, -0.05) is 18.2 Å². The largest absolute Gasteiger partial charge is 0.478 e. The number of nitrogens with one attached hydrogen (secondary N) is 1. The summed E-state index contributed by atoms with van der Waals surface area (Å²) in [5.74, 6) is -0.991. The van der Waals surface area contributed by atoms with Crippen LogP contribution in [0.5, 0.6) is 0 Å². The standard InChI is InChI=1S/C13H12N2O2/c1-9-4-2-3-5-11(9)15-12-6-7-14-8-10(12)13(16)17/h2-8H,1H3,(H,14,15)(H,16,17). The van der Waals surface area contributed by atoms with Gasteiger partial charge < -0.3 is 10.4 Å². The molecule has 0 unspecified atom stereocenters. The van der Waals surface area contributed by atoms with Crippen molar-refractivity contribution in [1.29, 1.82) is 0 Å². The number of aromatic nitrogens is 1. The lowest BCUT2D eigenvalue weighted by Crippen LogP contribution is -2.03. The first-order valence-electron chi connectivity index (χ1n) is 5.18. The number of carboxylic acid groups (broad SMARTS) is 1. The fourth-order valence-electron chi connectivity index (χ4n) is 1.53. The molecule has 0 aliphatic carbocycles. The number of hydrogen-bond donors (Lipinski definition) is 2. The molecular formula is C13H12N2O2. The van der Waals surface area contributed by atoms with Crippen LogP contribution in [-0.4, -0.2) is 16.1 Å². The van der Waals surface area contributed by atoms with Crippen molar-refractivity contribution in [3.8, 4) is 0 Å². The molecule has 2 N–H and O–H groups in total. The van der Waals surface area contributed by atoms with Crippen molar-refractivity contribution in [2.75, 3.05) is 5.32 Å². The van der Waals surface area contributed by atoms with E-state index in [1.807, 2.05) is 31.2 Å². The molecule has 0 aliphatic rings. The first-order chi connectivity index (χ1) is 8.18. The number of pyridine rings is 1. The van der Waals surface area contributed by atoms with Gasteiger partial charge in [0, 0.05) is 18.1 Å². The number of rotatable bonds is 3. The summed E-state index contributed by atoms with van der Waals surface area (Å²) in [6.07, 6.45) is 2.90. The van der Waals surface area contributed by atoms with E-state index in [-0.39, 0.29) is 5.56 Å². The molecule has 4 heteroatoms. The van der Waals surface area contributed by atoms with Gasteiger partial charge >= 0.3 is 5.97 Å². The number of anilines is 2. The third kappa shape index (κ3) is 2.42. The Bertz CT molecular complexity index is 553. The van der Waals surface area contributed by atoms with Crippen LogP contribution < -0.4 is 5.32 Å². The van der Waals surface area contributed by atoms with Crippen molar-refractivity contribution in [2.45, 2.75) is 6.92 Å². The van der Waals surface area contributed by atoms with E-state index in [1.54, 1.807) is 12.3 Å². The molecule has 0 saturated carbocycles. The minimum atomic E-state index is -0.991. The van der Waals surface area contributed by atoms with E-state index in [4.69, 9.17) is 5.11 Å². The van der Waals surface area contributed by atoms with Crippen LogP contribution in [-0.2, 0) is 0 Å². The molecule has 0 radical (unpaired) electrons. The van der Waals surface area contributed by atoms with Crippen molar-refractivity contribution >= 4 is 17.3 Å². The maximum atomic E-state index is 11.0. The van der Waals surface area contributed by atoms with Gasteiger partial charge in [-0.3, -0.25) is 4.98 Å². The normalized spacial score (nSPS) is 9.94. The van der Waals surface area contributed by atoms with Crippen molar-refractivity contribution in [2.24, 2.45) is 0 Å². The molecule has 0 amide bonds. The first kappa shape index (κ1) is 11.1. The molecule has 17 heavy (non-hydrogen) atoms. The zero-order chi connectivity index (χ0) is 12.3. The predicted molar refractivity (Wildman–Crippen MR) is 65.7 cm³/mol. The van der Waals surface area contributed by atoms with E-state index in [0.29, 0.717) is 5.69 Å². The average Bonchev–Trinajstić information content (AvgIpc) is 2.32. The molecule has 0 atom stereocenters. The topological polar surface area (TPSA) is 62.2 Å². The van der Waals surface area contributed by atoms with Gasteiger partial charge in [-0.15, -0.1) is 0 Å². The van der Waals surface area contributed by atoms with Crippen LogP contribution in [0.3, 0.4) is 0 Å². The van der Waals surface area contributed by atoms with Gasteiger partial charge in [0.1, 0.15) is 5.56 Å². The molecule has 0 saturated heterocycles. The molecule has 0 spiro atoms. The summed E-state index contributed by atoms with van der Waals surface area (Å²) in [5.41, 5.74) is 2.65. The van der Waals surface area contributed by atoms with Gasteiger partial charge in [-0.2, -0.15) is 0 Å². The highest BCUT2D eigenvalue weighted by Gasteiger charge is 2.10. The summed E-state index contributed by atoms with van der Waals surface area (Å²) in [5, 5.41) is 12.1. The molecule has 0 fully saturated rings. The Balaban J connectivity index is 2.37. The smallest absolute Gasteiger partial charge is 0.339 e. The van der Waals surface area contributed by atoms with Crippen molar-refractivity contribution in [3.63, 3.8) is 0 Å². The highest BCUT2D eigenvalue weighted by molar-refractivity contribution is 5.94. The Hall–Kier alpha value is -2.36. The Morgan fingerprint density at radius 1 is 1.24 bits per heavy atom.